The Hall–Kier alpha value is -2.31. The molecule has 7 heteroatoms. The van der Waals surface area contributed by atoms with Crippen LogP contribution in [-0.2, 0) is 6.18 Å². The SMILES string of the molecule is CN(c1cccc(C2CCCCC2)c1)c1nc(OC2CCCCC2)ncc1C(F)(F)F. The quantitative estimate of drug-likeness (QED) is 0.508. The molecule has 0 spiro atoms. The van der Waals surface area contributed by atoms with Crippen molar-refractivity contribution >= 4 is 11.5 Å². The number of nitrogens with zero attached hydrogens (tertiary/aromatic N) is 3. The molecular formula is C24H30F3N3O. The molecule has 1 heterocycles. The molecule has 4 nitrogen and oxygen atoms in total. The maximum atomic E-state index is 13.7. The maximum absolute atomic E-state index is 13.7. The van der Waals surface area contributed by atoms with Crippen LogP contribution >= 0.6 is 0 Å². The Bertz CT molecular complexity index is 875. The third-order valence-corrected chi connectivity index (χ3v) is 6.53. The van der Waals surface area contributed by atoms with E-state index in [1.165, 1.54) is 36.1 Å². The summed E-state index contributed by atoms with van der Waals surface area (Å²) in [5.41, 5.74) is 1.02. The molecule has 0 bridgehead atoms. The third-order valence-electron chi connectivity index (χ3n) is 6.53. The van der Waals surface area contributed by atoms with Crippen molar-refractivity contribution in [2.24, 2.45) is 0 Å². The fraction of sp³-hybridized carbons (Fsp3) is 0.583. The Kier molecular flexibility index (Phi) is 6.68. The number of aromatic nitrogens is 2. The second-order valence-corrected chi connectivity index (χ2v) is 8.75. The Morgan fingerprint density at radius 2 is 1.65 bits per heavy atom. The molecule has 0 aliphatic heterocycles. The molecule has 2 aliphatic rings. The maximum Gasteiger partial charge on any atom is 0.421 e. The summed E-state index contributed by atoms with van der Waals surface area (Å²) in [7, 11) is 1.63. The predicted molar refractivity (Wildman–Crippen MR) is 115 cm³/mol. The summed E-state index contributed by atoms with van der Waals surface area (Å²) in [5, 5.41) is 0. The summed E-state index contributed by atoms with van der Waals surface area (Å²) in [4.78, 5) is 9.62. The number of ether oxygens (including phenoxy) is 1. The first-order chi connectivity index (χ1) is 14.9. The summed E-state index contributed by atoms with van der Waals surface area (Å²) >= 11 is 0. The van der Waals surface area contributed by atoms with Gasteiger partial charge in [0.15, 0.2) is 5.82 Å². The molecule has 0 atom stereocenters. The molecule has 2 aromatic rings. The van der Waals surface area contributed by atoms with E-state index in [4.69, 9.17) is 4.74 Å². The van der Waals surface area contributed by atoms with Crippen molar-refractivity contribution in [1.82, 2.24) is 9.97 Å². The van der Waals surface area contributed by atoms with Crippen LogP contribution in [0.2, 0.25) is 0 Å². The molecule has 168 valence electrons. The smallest absolute Gasteiger partial charge is 0.421 e. The van der Waals surface area contributed by atoms with Gasteiger partial charge in [-0.1, -0.05) is 37.8 Å². The van der Waals surface area contributed by atoms with Crippen molar-refractivity contribution in [3.05, 3.63) is 41.6 Å². The lowest BCUT2D eigenvalue weighted by molar-refractivity contribution is -0.137. The van der Waals surface area contributed by atoms with Gasteiger partial charge in [0.2, 0.25) is 0 Å². The second-order valence-electron chi connectivity index (χ2n) is 8.75. The lowest BCUT2D eigenvalue weighted by Crippen LogP contribution is -2.23. The highest BCUT2D eigenvalue weighted by Crippen LogP contribution is 2.39. The first kappa shape index (κ1) is 21.9. The van der Waals surface area contributed by atoms with Crippen LogP contribution in [0.25, 0.3) is 0 Å². The van der Waals surface area contributed by atoms with Gasteiger partial charge < -0.3 is 9.64 Å². The number of alkyl halides is 3. The topological polar surface area (TPSA) is 38.2 Å². The van der Waals surface area contributed by atoms with E-state index in [-0.39, 0.29) is 17.9 Å². The fourth-order valence-electron chi connectivity index (χ4n) is 4.75. The Balaban J connectivity index is 1.63. The Morgan fingerprint density at radius 3 is 2.32 bits per heavy atom. The molecular weight excluding hydrogens is 403 g/mol. The third kappa shape index (κ3) is 5.31. The van der Waals surface area contributed by atoms with Gasteiger partial charge in [0.25, 0.3) is 0 Å². The molecule has 0 N–H and O–H groups in total. The summed E-state index contributed by atoms with van der Waals surface area (Å²) in [6, 6.07) is 7.85. The van der Waals surface area contributed by atoms with Crippen LogP contribution in [0.1, 0.15) is 81.3 Å². The van der Waals surface area contributed by atoms with Crippen LogP contribution in [0.5, 0.6) is 6.01 Å². The summed E-state index contributed by atoms with van der Waals surface area (Å²) in [6.45, 7) is 0. The normalized spacial score (nSPS) is 18.7. The molecule has 31 heavy (non-hydrogen) atoms. The van der Waals surface area contributed by atoms with Gasteiger partial charge in [-0.25, -0.2) is 4.98 Å². The molecule has 2 saturated carbocycles. The minimum absolute atomic E-state index is 0.0187. The van der Waals surface area contributed by atoms with Crippen molar-refractivity contribution in [1.29, 1.82) is 0 Å². The lowest BCUT2D eigenvalue weighted by Gasteiger charge is -2.26. The first-order valence-corrected chi connectivity index (χ1v) is 11.4. The van der Waals surface area contributed by atoms with E-state index < -0.39 is 11.7 Å². The minimum atomic E-state index is -4.55. The van der Waals surface area contributed by atoms with Gasteiger partial charge in [-0.2, -0.15) is 18.2 Å². The molecule has 1 aromatic heterocycles. The van der Waals surface area contributed by atoms with Crippen molar-refractivity contribution in [3.63, 3.8) is 0 Å². The van der Waals surface area contributed by atoms with E-state index in [9.17, 15) is 13.2 Å². The largest absolute Gasteiger partial charge is 0.460 e. The van der Waals surface area contributed by atoms with E-state index >= 15 is 0 Å². The molecule has 2 aliphatic carbocycles. The van der Waals surface area contributed by atoms with E-state index in [2.05, 4.69) is 16.0 Å². The predicted octanol–water partition coefficient (Wildman–Crippen LogP) is 7.02. The molecule has 0 radical (unpaired) electrons. The van der Waals surface area contributed by atoms with Gasteiger partial charge >= 0.3 is 12.2 Å². The van der Waals surface area contributed by atoms with Crippen molar-refractivity contribution < 1.29 is 17.9 Å². The van der Waals surface area contributed by atoms with E-state index in [0.717, 1.165) is 44.7 Å². The fourth-order valence-corrected chi connectivity index (χ4v) is 4.75. The highest BCUT2D eigenvalue weighted by molar-refractivity contribution is 5.63. The number of hydrogen-bond acceptors (Lipinski definition) is 4. The monoisotopic (exact) mass is 433 g/mol. The number of benzene rings is 1. The highest BCUT2D eigenvalue weighted by Gasteiger charge is 2.37. The van der Waals surface area contributed by atoms with Crippen LogP contribution in [0.3, 0.4) is 0 Å². The minimum Gasteiger partial charge on any atom is -0.460 e. The summed E-state index contributed by atoms with van der Waals surface area (Å²) in [5.74, 6) is 0.300. The summed E-state index contributed by atoms with van der Waals surface area (Å²) in [6.07, 6.45) is 7.27. The van der Waals surface area contributed by atoms with E-state index in [0.29, 0.717) is 11.6 Å². The zero-order valence-corrected chi connectivity index (χ0v) is 18.0. The number of anilines is 2. The molecule has 0 saturated heterocycles. The molecule has 2 fully saturated rings. The highest BCUT2D eigenvalue weighted by atomic mass is 19.4. The standard InChI is InChI=1S/C24H30F3N3O/c1-30(19-12-8-11-18(15-19)17-9-4-2-5-10-17)22-21(24(25,26)27)16-28-23(29-22)31-20-13-6-3-7-14-20/h8,11-12,15-17,20H,2-7,9-10,13-14H2,1H3. The average Bonchev–Trinajstić information content (AvgIpc) is 2.79. The van der Waals surface area contributed by atoms with Gasteiger partial charge in [0, 0.05) is 18.9 Å². The number of rotatable bonds is 5. The Labute approximate surface area is 181 Å². The van der Waals surface area contributed by atoms with Gasteiger partial charge in [-0.05, 0) is 62.1 Å². The van der Waals surface area contributed by atoms with Crippen molar-refractivity contribution in [2.45, 2.75) is 82.4 Å². The van der Waals surface area contributed by atoms with E-state index in [1.807, 2.05) is 18.2 Å². The van der Waals surface area contributed by atoms with Crippen LogP contribution in [0, 0.1) is 0 Å². The molecule has 0 unspecified atom stereocenters. The number of hydrogen-bond donors (Lipinski definition) is 0. The van der Waals surface area contributed by atoms with Crippen molar-refractivity contribution in [3.8, 4) is 6.01 Å². The zero-order chi connectivity index (χ0) is 21.8. The van der Waals surface area contributed by atoms with Crippen LogP contribution in [0.4, 0.5) is 24.7 Å². The second kappa shape index (κ2) is 9.45. The van der Waals surface area contributed by atoms with E-state index in [1.54, 1.807) is 7.05 Å². The van der Waals surface area contributed by atoms with Crippen molar-refractivity contribution in [2.75, 3.05) is 11.9 Å². The Morgan fingerprint density at radius 1 is 0.968 bits per heavy atom. The molecule has 0 amide bonds. The van der Waals surface area contributed by atoms with Gasteiger partial charge in [-0.15, -0.1) is 0 Å². The summed E-state index contributed by atoms with van der Waals surface area (Å²) < 4.78 is 47.1. The van der Waals surface area contributed by atoms with Gasteiger partial charge in [-0.3, -0.25) is 0 Å². The molecule has 4 rings (SSSR count). The van der Waals surface area contributed by atoms with Crippen LogP contribution in [0.15, 0.2) is 30.5 Å². The van der Waals surface area contributed by atoms with Gasteiger partial charge in [0.05, 0.1) is 0 Å². The zero-order valence-electron chi connectivity index (χ0n) is 18.0. The first-order valence-electron chi connectivity index (χ1n) is 11.4. The van der Waals surface area contributed by atoms with Crippen LogP contribution < -0.4 is 9.64 Å². The van der Waals surface area contributed by atoms with Crippen LogP contribution in [-0.4, -0.2) is 23.1 Å². The molecule has 1 aromatic carbocycles. The lowest BCUT2D eigenvalue weighted by atomic mass is 9.84. The number of halogens is 3. The van der Waals surface area contributed by atoms with Gasteiger partial charge in [0.1, 0.15) is 11.7 Å². The average molecular weight is 434 g/mol.